The Kier molecular flexibility index (Phi) is 4.03. The van der Waals surface area contributed by atoms with Crippen LogP contribution in [-0.2, 0) is 0 Å². The molecule has 1 rings (SSSR count). The fraction of sp³-hybridized carbons (Fsp3) is 0.500. The van der Waals surface area contributed by atoms with Crippen molar-refractivity contribution in [3.63, 3.8) is 0 Å². The lowest BCUT2D eigenvalue weighted by atomic mass is 10.1. The van der Waals surface area contributed by atoms with E-state index in [1.165, 1.54) is 6.07 Å². The number of nitrogens with one attached hydrogen (secondary N) is 1. The van der Waals surface area contributed by atoms with Gasteiger partial charge in [-0.1, -0.05) is 13.8 Å². The third-order valence-electron chi connectivity index (χ3n) is 1.91. The Labute approximate surface area is 88.5 Å². The second-order valence-electron chi connectivity index (χ2n) is 3.72. The Balaban J connectivity index is 2.46. The van der Waals surface area contributed by atoms with Crippen molar-refractivity contribution in [3.05, 3.63) is 17.8 Å². The number of carboxylic acid groups (broad SMARTS) is 1. The molecule has 5 heteroatoms. The molecule has 0 aliphatic rings. The van der Waals surface area contributed by atoms with Crippen molar-refractivity contribution in [1.82, 2.24) is 10.2 Å². The molecule has 0 radical (unpaired) electrons. The van der Waals surface area contributed by atoms with E-state index in [4.69, 9.17) is 5.11 Å². The maximum absolute atomic E-state index is 10.5. The molecule has 0 atom stereocenters. The highest BCUT2D eigenvalue weighted by Crippen LogP contribution is 2.04. The van der Waals surface area contributed by atoms with Crippen molar-refractivity contribution in [2.24, 2.45) is 5.92 Å². The summed E-state index contributed by atoms with van der Waals surface area (Å²) in [7, 11) is 0. The molecule has 0 bridgehead atoms. The maximum atomic E-state index is 10.5. The predicted molar refractivity (Wildman–Crippen MR) is 56.9 cm³/mol. The van der Waals surface area contributed by atoms with E-state index in [2.05, 4.69) is 29.4 Å². The molecule has 0 aromatic carbocycles. The molecule has 82 valence electrons. The highest BCUT2D eigenvalue weighted by atomic mass is 16.4. The van der Waals surface area contributed by atoms with Crippen LogP contribution in [0.5, 0.6) is 0 Å². The molecular formula is C10H15N3O2. The molecule has 0 unspecified atom stereocenters. The molecular weight excluding hydrogens is 194 g/mol. The summed E-state index contributed by atoms with van der Waals surface area (Å²) >= 11 is 0. The molecule has 1 heterocycles. The van der Waals surface area contributed by atoms with Crippen LogP contribution >= 0.6 is 0 Å². The van der Waals surface area contributed by atoms with Gasteiger partial charge in [-0.15, -0.1) is 10.2 Å². The number of nitrogens with zero attached hydrogens (tertiary/aromatic N) is 2. The third kappa shape index (κ3) is 3.93. The van der Waals surface area contributed by atoms with Crippen LogP contribution < -0.4 is 5.32 Å². The zero-order valence-electron chi connectivity index (χ0n) is 8.90. The Bertz CT molecular complexity index is 322. The molecule has 0 fully saturated rings. The molecule has 0 saturated carbocycles. The van der Waals surface area contributed by atoms with Crippen molar-refractivity contribution in [3.8, 4) is 0 Å². The van der Waals surface area contributed by atoms with Gasteiger partial charge in [0.05, 0.1) is 0 Å². The largest absolute Gasteiger partial charge is 0.476 e. The number of aromatic carboxylic acids is 1. The summed E-state index contributed by atoms with van der Waals surface area (Å²) < 4.78 is 0. The van der Waals surface area contributed by atoms with Gasteiger partial charge in [-0.2, -0.15) is 0 Å². The van der Waals surface area contributed by atoms with Gasteiger partial charge in [0.15, 0.2) is 5.69 Å². The Morgan fingerprint density at radius 1 is 1.47 bits per heavy atom. The van der Waals surface area contributed by atoms with Crippen LogP contribution in [0.2, 0.25) is 0 Å². The van der Waals surface area contributed by atoms with E-state index in [9.17, 15) is 4.79 Å². The number of rotatable bonds is 5. The molecule has 15 heavy (non-hydrogen) atoms. The first-order valence-electron chi connectivity index (χ1n) is 4.90. The van der Waals surface area contributed by atoms with Crippen molar-refractivity contribution in [2.75, 3.05) is 11.9 Å². The first-order chi connectivity index (χ1) is 7.09. The summed E-state index contributed by atoms with van der Waals surface area (Å²) in [5, 5.41) is 19.0. The molecule has 0 amide bonds. The minimum absolute atomic E-state index is 0.0376. The average Bonchev–Trinajstić information content (AvgIpc) is 2.18. The minimum Gasteiger partial charge on any atom is -0.476 e. The lowest BCUT2D eigenvalue weighted by Crippen LogP contribution is -2.08. The predicted octanol–water partition coefficient (Wildman–Crippen LogP) is 1.63. The first kappa shape index (κ1) is 11.4. The molecule has 2 N–H and O–H groups in total. The number of aromatic nitrogens is 2. The van der Waals surface area contributed by atoms with Crippen molar-refractivity contribution in [1.29, 1.82) is 0 Å². The van der Waals surface area contributed by atoms with E-state index in [1.807, 2.05) is 0 Å². The monoisotopic (exact) mass is 209 g/mol. The Morgan fingerprint density at radius 3 is 2.67 bits per heavy atom. The highest BCUT2D eigenvalue weighted by molar-refractivity contribution is 5.85. The quantitative estimate of drug-likeness (QED) is 0.770. The van der Waals surface area contributed by atoms with Gasteiger partial charge in [-0.3, -0.25) is 0 Å². The number of hydrogen-bond acceptors (Lipinski definition) is 4. The summed E-state index contributed by atoms with van der Waals surface area (Å²) in [6.07, 6.45) is 1.04. The number of anilines is 1. The van der Waals surface area contributed by atoms with Gasteiger partial charge in [-0.05, 0) is 24.5 Å². The van der Waals surface area contributed by atoms with Crippen LogP contribution in [0.4, 0.5) is 5.82 Å². The summed E-state index contributed by atoms with van der Waals surface area (Å²) in [6.45, 7) is 5.10. The molecule has 5 nitrogen and oxygen atoms in total. The Morgan fingerprint density at radius 2 is 2.20 bits per heavy atom. The lowest BCUT2D eigenvalue weighted by Gasteiger charge is -2.06. The van der Waals surface area contributed by atoms with Crippen LogP contribution in [0.1, 0.15) is 30.8 Å². The third-order valence-corrected chi connectivity index (χ3v) is 1.91. The highest BCUT2D eigenvalue weighted by Gasteiger charge is 2.04. The number of carbonyl (C=O) groups is 1. The minimum atomic E-state index is -1.06. The molecule has 0 aliphatic carbocycles. The van der Waals surface area contributed by atoms with E-state index < -0.39 is 5.97 Å². The Hall–Kier alpha value is -1.65. The second kappa shape index (κ2) is 5.29. The zero-order valence-corrected chi connectivity index (χ0v) is 8.90. The summed E-state index contributed by atoms with van der Waals surface area (Å²) in [5.74, 6) is 0.181. The van der Waals surface area contributed by atoms with Crippen molar-refractivity contribution >= 4 is 11.8 Å². The van der Waals surface area contributed by atoms with Crippen LogP contribution in [0.15, 0.2) is 12.1 Å². The average molecular weight is 209 g/mol. The smallest absolute Gasteiger partial charge is 0.356 e. The van der Waals surface area contributed by atoms with Gasteiger partial charge in [0, 0.05) is 6.54 Å². The van der Waals surface area contributed by atoms with Gasteiger partial charge in [0.1, 0.15) is 5.82 Å². The van der Waals surface area contributed by atoms with Gasteiger partial charge in [-0.25, -0.2) is 4.79 Å². The molecule has 0 spiro atoms. The van der Waals surface area contributed by atoms with Crippen LogP contribution in [0.3, 0.4) is 0 Å². The van der Waals surface area contributed by atoms with Crippen LogP contribution in [0, 0.1) is 5.92 Å². The SMILES string of the molecule is CC(C)CCNc1ccc(C(=O)O)nn1. The summed E-state index contributed by atoms with van der Waals surface area (Å²) in [5.41, 5.74) is -0.0376. The standard InChI is InChI=1S/C10H15N3O2/c1-7(2)5-6-11-9-4-3-8(10(14)15)12-13-9/h3-4,7H,5-6H2,1-2H3,(H,11,13)(H,14,15). The molecule has 1 aromatic rings. The molecule has 1 aromatic heterocycles. The summed E-state index contributed by atoms with van der Waals surface area (Å²) in [6, 6.07) is 3.06. The van der Waals surface area contributed by atoms with Crippen molar-refractivity contribution in [2.45, 2.75) is 20.3 Å². The van der Waals surface area contributed by atoms with Gasteiger partial charge in [0.2, 0.25) is 0 Å². The maximum Gasteiger partial charge on any atom is 0.356 e. The van der Waals surface area contributed by atoms with Crippen molar-refractivity contribution < 1.29 is 9.90 Å². The normalized spacial score (nSPS) is 10.3. The lowest BCUT2D eigenvalue weighted by molar-refractivity contribution is 0.0689. The summed E-state index contributed by atoms with van der Waals surface area (Å²) in [4.78, 5) is 10.5. The number of carboxylic acids is 1. The van der Waals surface area contributed by atoms with Gasteiger partial charge < -0.3 is 10.4 Å². The fourth-order valence-corrected chi connectivity index (χ4v) is 1.03. The van der Waals surface area contributed by atoms with E-state index in [0.717, 1.165) is 13.0 Å². The van der Waals surface area contributed by atoms with Crippen LogP contribution in [0.25, 0.3) is 0 Å². The number of hydrogen-bond donors (Lipinski definition) is 2. The molecule has 0 saturated heterocycles. The fourth-order valence-electron chi connectivity index (χ4n) is 1.03. The van der Waals surface area contributed by atoms with E-state index in [0.29, 0.717) is 11.7 Å². The van der Waals surface area contributed by atoms with Gasteiger partial charge in [0.25, 0.3) is 0 Å². The topological polar surface area (TPSA) is 75.1 Å². The van der Waals surface area contributed by atoms with E-state index >= 15 is 0 Å². The van der Waals surface area contributed by atoms with E-state index in [-0.39, 0.29) is 5.69 Å². The molecule has 0 aliphatic heterocycles. The first-order valence-corrected chi connectivity index (χ1v) is 4.90. The second-order valence-corrected chi connectivity index (χ2v) is 3.72. The van der Waals surface area contributed by atoms with E-state index in [1.54, 1.807) is 6.07 Å². The van der Waals surface area contributed by atoms with Gasteiger partial charge >= 0.3 is 5.97 Å². The zero-order chi connectivity index (χ0) is 11.3. The van der Waals surface area contributed by atoms with Crippen LogP contribution in [-0.4, -0.2) is 27.8 Å².